The van der Waals surface area contributed by atoms with Crippen molar-refractivity contribution in [1.82, 2.24) is 0 Å². The van der Waals surface area contributed by atoms with Gasteiger partial charge in [0.05, 0.1) is 32.3 Å². The normalized spacial score (nSPS) is 11.9. The summed E-state index contributed by atoms with van der Waals surface area (Å²) in [5.41, 5.74) is 1.74. The molecule has 2 aromatic carbocycles. The van der Waals surface area contributed by atoms with Crippen molar-refractivity contribution in [1.29, 1.82) is 0 Å². The van der Waals surface area contributed by atoms with E-state index in [1.54, 1.807) is 33.5 Å². The third-order valence-electron chi connectivity index (χ3n) is 3.17. The number of methoxy groups -OCH3 is 3. The third-order valence-corrected chi connectivity index (χ3v) is 4.17. The van der Waals surface area contributed by atoms with Crippen LogP contribution in [-0.2, 0) is 0 Å². The molecule has 0 aliphatic rings. The predicted octanol–water partition coefficient (Wildman–Crippen LogP) is 4.80. The quantitative estimate of drug-likeness (QED) is 0.706. The van der Waals surface area contributed by atoms with Crippen molar-refractivity contribution in [2.24, 2.45) is 0 Å². The van der Waals surface area contributed by atoms with E-state index >= 15 is 0 Å². The van der Waals surface area contributed by atoms with Gasteiger partial charge in [0.25, 0.3) is 0 Å². The molecule has 2 aromatic rings. The van der Waals surface area contributed by atoms with Crippen LogP contribution in [0.1, 0.15) is 16.5 Å². The zero-order valence-corrected chi connectivity index (χ0v) is 14.4. The topological polar surface area (TPSA) is 27.7 Å². The molecule has 2 rings (SSSR count). The van der Waals surface area contributed by atoms with Gasteiger partial charge in [0.2, 0.25) is 0 Å². The van der Waals surface area contributed by atoms with Crippen molar-refractivity contribution in [3.05, 3.63) is 52.0 Å². The Morgan fingerprint density at radius 3 is 1.86 bits per heavy atom. The van der Waals surface area contributed by atoms with Crippen LogP contribution in [0.15, 0.2) is 40.9 Å². The van der Waals surface area contributed by atoms with Crippen LogP contribution in [0.3, 0.4) is 0 Å². The Bertz CT molecular complexity index is 588. The first-order valence-corrected chi connectivity index (χ1v) is 7.53. The number of hydrogen-bond acceptors (Lipinski definition) is 3. The summed E-state index contributed by atoms with van der Waals surface area (Å²) in [7, 11) is 4.80. The Morgan fingerprint density at radius 1 is 0.905 bits per heavy atom. The van der Waals surface area contributed by atoms with Gasteiger partial charge in [-0.05, 0) is 17.7 Å². The first kappa shape index (κ1) is 16.0. The first-order valence-electron chi connectivity index (χ1n) is 6.30. The van der Waals surface area contributed by atoms with E-state index in [0.29, 0.717) is 17.2 Å². The Balaban J connectivity index is 2.52. The van der Waals surface area contributed by atoms with E-state index in [9.17, 15) is 0 Å². The van der Waals surface area contributed by atoms with Crippen molar-refractivity contribution >= 4 is 27.5 Å². The van der Waals surface area contributed by atoms with Crippen LogP contribution < -0.4 is 14.2 Å². The monoisotopic (exact) mass is 370 g/mol. The fourth-order valence-corrected chi connectivity index (χ4v) is 2.71. The van der Waals surface area contributed by atoms with Crippen LogP contribution >= 0.6 is 27.5 Å². The van der Waals surface area contributed by atoms with E-state index in [0.717, 1.165) is 15.6 Å². The minimum atomic E-state index is -0.381. The maximum Gasteiger partial charge on any atom is 0.131 e. The largest absolute Gasteiger partial charge is 0.496 e. The highest BCUT2D eigenvalue weighted by molar-refractivity contribution is 9.10. The minimum Gasteiger partial charge on any atom is -0.496 e. The molecule has 0 amide bonds. The van der Waals surface area contributed by atoms with E-state index in [2.05, 4.69) is 15.9 Å². The van der Waals surface area contributed by atoms with E-state index in [1.807, 2.05) is 24.3 Å². The molecule has 0 saturated carbocycles. The number of benzene rings is 2. The lowest BCUT2D eigenvalue weighted by Crippen LogP contribution is -2.02. The van der Waals surface area contributed by atoms with E-state index < -0.39 is 0 Å². The minimum absolute atomic E-state index is 0.381. The summed E-state index contributed by atoms with van der Waals surface area (Å²) < 4.78 is 17.1. The summed E-state index contributed by atoms with van der Waals surface area (Å²) in [5.74, 6) is 1.93. The molecule has 0 aliphatic carbocycles. The second-order valence-corrected chi connectivity index (χ2v) is 5.71. The molecular weight excluding hydrogens is 356 g/mol. The molecule has 1 unspecified atom stereocenters. The van der Waals surface area contributed by atoms with Crippen LogP contribution in [-0.4, -0.2) is 21.3 Å². The van der Waals surface area contributed by atoms with Gasteiger partial charge in [-0.1, -0.05) is 28.1 Å². The van der Waals surface area contributed by atoms with Crippen LogP contribution in [0, 0.1) is 0 Å². The van der Waals surface area contributed by atoms with Gasteiger partial charge in [-0.2, -0.15) is 0 Å². The lowest BCUT2D eigenvalue weighted by molar-refractivity contribution is 0.369. The summed E-state index contributed by atoms with van der Waals surface area (Å²) in [4.78, 5) is 0. The number of halogens is 2. The van der Waals surface area contributed by atoms with Gasteiger partial charge in [-0.3, -0.25) is 0 Å². The van der Waals surface area contributed by atoms with Crippen LogP contribution in [0.2, 0.25) is 0 Å². The van der Waals surface area contributed by atoms with Crippen LogP contribution in [0.25, 0.3) is 0 Å². The number of alkyl halides is 1. The molecule has 5 heteroatoms. The van der Waals surface area contributed by atoms with Gasteiger partial charge in [0.15, 0.2) is 0 Å². The van der Waals surface area contributed by atoms with Crippen molar-refractivity contribution in [3.8, 4) is 17.2 Å². The molecule has 0 N–H and O–H groups in total. The van der Waals surface area contributed by atoms with E-state index in [1.165, 1.54) is 0 Å². The van der Waals surface area contributed by atoms with Crippen molar-refractivity contribution in [3.63, 3.8) is 0 Å². The zero-order chi connectivity index (χ0) is 15.4. The van der Waals surface area contributed by atoms with E-state index in [-0.39, 0.29) is 5.38 Å². The smallest absolute Gasteiger partial charge is 0.131 e. The van der Waals surface area contributed by atoms with E-state index in [4.69, 9.17) is 25.8 Å². The molecule has 0 aliphatic heterocycles. The highest BCUT2D eigenvalue weighted by Gasteiger charge is 2.22. The van der Waals surface area contributed by atoms with Crippen molar-refractivity contribution in [2.45, 2.75) is 5.38 Å². The Hall–Kier alpha value is -1.39. The second kappa shape index (κ2) is 7.05. The van der Waals surface area contributed by atoms with Gasteiger partial charge >= 0.3 is 0 Å². The molecule has 0 radical (unpaired) electrons. The molecule has 0 spiro atoms. The van der Waals surface area contributed by atoms with Crippen molar-refractivity contribution in [2.75, 3.05) is 21.3 Å². The Morgan fingerprint density at radius 2 is 1.43 bits per heavy atom. The first-order chi connectivity index (χ1) is 10.1. The third kappa shape index (κ3) is 3.44. The standard InChI is InChI=1S/C16H16BrClO3/c1-19-12-8-13(20-2)15(14(9-12)21-3)16(18)10-4-6-11(17)7-5-10/h4-9,16H,1-3H3. The molecular formula is C16H16BrClO3. The zero-order valence-electron chi connectivity index (χ0n) is 12.0. The Labute approximate surface area is 137 Å². The van der Waals surface area contributed by atoms with Gasteiger partial charge in [-0.15, -0.1) is 11.6 Å². The summed E-state index contributed by atoms with van der Waals surface area (Å²) in [6.07, 6.45) is 0. The van der Waals surface area contributed by atoms with Crippen LogP contribution in [0.4, 0.5) is 0 Å². The van der Waals surface area contributed by atoms with Gasteiger partial charge in [0.1, 0.15) is 17.2 Å². The lowest BCUT2D eigenvalue weighted by atomic mass is 10.0. The van der Waals surface area contributed by atoms with Gasteiger partial charge in [-0.25, -0.2) is 0 Å². The molecule has 1 atom stereocenters. The predicted molar refractivity (Wildman–Crippen MR) is 87.9 cm³/mol. The summed E-state index contributed by atoms with van der Waals surface area (Å²) in [6, 6.07) is 11.4. The number of ether oxygens (including phenoxy) is 3. The lowest BCUT2D eigenvalue weighted by Gasteiger charge is -2.19. The SMILES string of the molecule is COc1cc(OC)c(C(Cl)c2ccc(Br)cc2)c(OC)c1. The molecule has 0 heterocycles. The average Bonchev–Trinajstić information content (AvgIpc) is 2.53. The maximum absolute atomic E-state index is 6.63. The molecule has 112 valence electrons. The van der Waals surface area contributed by atoms with Gasteiger partial charge < -0.3 is 14.2 Å². The molecule has 0 saturated heterocycles. The van der Waals surface area contributed by atoms with Crippen LogP contribution in [0.5, 0.6) is 17.2 Å². The number of hydrogen-bond donors (Lipinski definition) is 0. The summed E-state index contributed by atoms with van der Waals surface area (Å²) in [5, 5.41) is -0.381. The molecule has 0 fully saturated rings. The van der Waals surface area contributed by atoms with Crippen molar-refractivity contribution < 1.29 is 14.2 Å². The fraction of sp³-hybridized carbons (Fsp3) is 0.250. The molecule has 21 heavy (non-hydrogen) atoms. The maximum atomic E-state index is 6.63. The molecule has 3 nitrogen and oxygen atoms in total. The molecule has 0 bridgehead atoms. The highest BCUT2D eigenvalue weighted by Crippen LogP contribution is 2.43. The van der Waals surface area contributed by atoms with Gasteiger partial charge in [0, 0.05) is 16.6 Å². The fourth-order valence-electron chi connectivity index (χ4n) is 2.08. The Kier molecular flexibility index (Phi) is 5.37. The summed E-state index contributed by atoms with van der Waals surface area (Å²) in [6.45, 7) is 0. The average molecular weight is 372 g/mol. The highest BCUT2D eigenvalue weighted by atomic mass is 79.9. The number of rotatable bonds is 5. The molecule has 0 aromatic heterocycles. The second-order valence-electron chi connectivity index (χ2n) is 4.36. The summed E-state index contributed by atoms with van der Waals surface area (Å²) >= 11 is 10.0.